The summed E-state index contributed by atoms with van der Waals surface area (Å²) >= 11 is 0. The van der Waals surface area contributed by atoms with Gasteiger partial charge >= 0.3 is 0 Å². The van der Waals surface area contributed by atoms with Crippen LogP contribution in [0.25, 0.3) is 0 Å². The quantitative estimate of drug-likeness (QED) is 0.464. The number of hydrogen-bond donors (Lipinski definition) is 0. The summed E-state index contributed by atoms with van der Waals surface area (Å²) in [7, 11) is 2.67. The molecule has 50 valence electrons. The topological polar surface area (TPSA) is 3.24 Å². The minimum Gasteiger partial charge on any atom is -0.306 e. The Morgan fingerprint density at radius 3 is 1.62 bits per heavy atom. The average molecular weight is 119 g/mol. The van der Waals surface area contributed by atoms with Gasteiger partial charge in [0.1, 0.15) is 0 Å². The molecule has 0 spiro atoms. The molecule has 2 heteroatoms. The average Bonchev–Trinajstić information content (AvgIpc) is 2.24. The Bertz CT molecular complexity index is 41.8. The summed E-state index contributed by atoms with van der Waals surface area (Å²) in [5.41, 5.74) is 0. The Labute approximate surface area is 50.5 Å². The van der Waals surface area contributed by atoms with E-state index < -0.39 is 0 Å². The molecule has 0 radical (unpaired) electrons. The summed E-state index contributed by atoms with van der Waals surface area (Å²) in [5.74, 6) is 0. The summed E-state index contributed by atoms with van der Waals surface area (Å²) in [6.07, 6.45) is 2.83. The van der Waals surface area contributed by atoms with Crippen LogP contribution in [-0.2, 0) is 0 Å². The van der Waals surface area contributed by atoms with Gasteiger partial charge in [0.25, 0.3) is 0 Å². The summed E-state index contributed by atoms with van der Waals surface area (Å²) in [6, 6.07) is 0. The van der Waals surface area contributed by atoms with Crippen LogP contribution in [0.4, 0.5) is 4.39 Å². The first kappa shape index (κ1) is 7.89. The molecule has 8 heavy (non-hydrogen) atoms. The van der Waals surface area contributed by atoms with E-state index in [1.165, 1.54) is 25.9 Å². The van der Waals surface area contributed by atoms with Gasteiger partial charge in [0, 0.05) is 0 Å². The lowest BCUT2D eigenvalue weighted by Gasteiger charge is -2.01. The van der Waals surface area contributed by atoms with Crippen molar-refractivity contribution in [2.75, 3.05) is 27.3 Å². The van der Waals surface area contributed by atoms with Gasteiger partial charge in [-0.05, 0) is 33.0 Å². The Morgan fingerprint density at radius 2 is 1.50 bits per heavy atom. The third kappa shape index (κ3) is 2.97. The molecule has 0 aromatic heterocycles. The lowest BCUT2D eigenvalue weighted by atomic mass is 10.4. The first-order valence-corrected chi connectivity index (χ1v) is 2.96. The summed E-state index contributed by atoms with van der Waals surface area (Å²) < 4.78 is 9.50. The normalized spacial score (nSPS) is 19.9. The maximum atomic E-state index is 9.50. The van der Waals surface area contributed by atoms with E-state index in [9.17, 15) is 4.39 Å². The van der Waals surface area contributed by atoms with E-state index in [-0.39, 0.29) is 0 Å². The second-order valence-corrected chi connectivity index (χ2v) is 2.01. The van der Waals surface area contributed by atoms with Crippen molar-refractivity contribution < 1.29 is 4.39 Å². The van der Waals surface area contributed by atoms with Crippen LogP contribution in [0.3, 0.4) is 0 Å². The fourth-order valence-corrected chi connectivity index (χ4v) is 0.875. The molecule has 1 rings (SSSR count). The molecule has 0 unspecified atom stereocenters. The molecule has 0 atom stereocenters. The van der Waals surface area contributed by atoms with Crippen LogP contribution >= 0.6 is 0 Å². The van der Waals surface area contributed by atoms with Gasteiger partial charge in [-0.2, -0.15) is 0 Å². The number of hydrogen-bond acceptors (Lipinski definition) is 1. The molecular formula is C6H14FN. The number of nitrogens with zero attached hydrogens (tertiary/aromatic N) is 1. The van der Waals surface area contributed by atoms with Gasteiger partial charge in [-0.25, -0.2) is 0 Å². The Kier molecular flexibility index (Phi) is 4.97. The van der Waals surface area contributed by atoms with E-state index in [4.69, 9.17) is 0 Å². The molecule has 1 aliphatic heterocycles. The predicted octanol–water partition coefficient (Wildman–Crippen LogP) is 1.30. The third-order valence-electron chi connectivity index (χ3n) is 1.33. The van der Waals surface area contributed by atoms with Gasteiger partial charge in [0.15, 0.2) is 0 Å². The summed E-state index contributed by atoms with van der Waals surface area (Å²) in [6.45, 7) is 2.64. The Hall–Kier alpha value is -0.110. The maximum absolute atomic E-state index is 9.50. The van der Waals surface area contributed by atoms with Crippen molar-refractivity contribution >= 4 is 0 Å². The summed E-state index contributed by atoms with van der Waals surface area (Å²) in [4.78, 5) is 2.36. The van der Waals surface area contributed by atoms with E-state index in [1.54, 1.807) is 0 Å². The van der Waals surface area contributed by atoms with Crippen LogP contribution in [0.5, 0.6) is 0 Å². The second-order valence-electron chi connectivity index (χ2n) is 2.01. The minimum absolute atomic E-state index is 0.500. The van der Waals surface area contributed by atoms with Crippen molar-refractivity contribution in [1.82, 2.24) is 4.90 Å². The lowest BCUT2D eigenvalue weighted by molar-refractivity contribution is 0.418. The Balaban J connectivity index is 0.000000222. The molecule has 0 amide bonds. The second kappa shape index (κ2) is 5.04. The van der Waals surface area contributed by atoms with Crippen molar-refractivity contribution in [1.29, 1.82) is 0 Å². The molecule has 1 nitrogen and oxygen atoms in total. The third-order valence-corrected chi connectivity index (χ3v) is 1.33. The molecule has 0 saturated carbocycles. The minimum atomic E-state index is 0.500. The van der Waals surface area contributed by atoms with Crippen molar-refractivity contribution in [3.63, 3.8) is 0 Å². The maximum Gasteiger partial charge on any atom is 0.0785 e. The van der Waals surface area contributed by atoms with Crippen LogP contribution in [0.2, 0.25) is 0 Å². The van der Waals surface area contributed by atoms with Gasteiger partial charge < -0.3 is 4.90 Å². The lowest BCUT2D eigenvalue weighted by Crippen LogP contribution is -2.10. The van der Waals surface area contributed by atoms with Crippen LogP contribution in [0, 0.1) is 0 Å². The smallest absolute Gasteiger partial charge is 0.0785 e. The molecule has 1 heterocycles. The van der Waals surface area contributed by atoms with Crippen LogP contribution in [0.1, 0.15) is 12.8 Å². The van der Waals surface area contributed by atoms with E-state index in [0.717, 1.165) is 0 Å². The first-order valence-electron chi connectivity index (χ1n) is 2.96. The van der Waals surface area contributed by atoms with Crippen molar-refractivity contribution in [3.05, 3.63) is 0 Å². The van der Waals surface area contributed by atoms with Crippen LogP contribution in [-0.4, -0.2) is 32.2 Å². The van der Waals surface area contributed by atoms with Crippen molar-refractivity contribution in [3.8, 4) is 0 Å². The SMILES string of the molecule is CF.CN1CCCC1. The van der Waals surface area contributed by atoms with E-state index >= 15 is 0 Å². The van der Waals surface area contributed by atoms with Crippen LogP contribution in [0.15, 0.2) is 0 Å². The zero-order chi connectivity index (χ0) is 6.41. The number of rotatable bonds is 0. The summed E-state index contributed by atoms with van der Waals surface area (Å²) in [5, 5.41) is 0. The molecular weight excluding hydrogens is 105 g/mol. The van der Waals surface area contributed by atoms with Gasteiger partial charge in [0.2, 0.25) is 0 Å². The standard InChI is InChI=1S/C5H11N.CH3F/c1-6-4-2-3-5-6;1-2/h2-5H2,1H3;1H3. The fraction of sp³-hybridized carbons (Fsp3) is 1.00. The highest BCUT2D eigenvalue weighted by Gasteiger charge is 2.03. The number of halogens is 1. The highest BCUT2D eigenvalue weighted by Crippen LogP contribution is 2.01. The fourth-order valence-electron chi connectivity index (χ4n) is 0.875. The number of likely N-dealkylation sites (tertiary alicyclic amines) is 1. The molecule has 0 N–H and O–H groups in total. The molecule has 0 aromatic rings. The molecule has 0 aromatic carbocycles. The highest BCUT2D eigenvalue weighted by molar-refractivity contribution is 4.59. The zero-order valence-electron chi connectivity index (χ0n) is 5.65. The molecule has 1 fully saturated rings. The highest BCUT2D eigenvalue weighted by atomic mass is 19.1. The van der Waals surface area contributed by atoms with Gasteiger partial charge in [-0.1, -0.05) is 0 Å². The molecule has 0 bridgehead atoms. The predicted molar refractivity (Wildman–Crippen MR) is 33.8 cm³/mol. The largest absolute Gasteiger partial charge is 0.306 e. The van der Waals surface area contributed by atoms with E-state index in [0.29, 0.717) is 7.18 Å². The molecule has 1 saturated heterocycles. The molecule has 0 aliphatic carbocycles. The number of alkyl halides is 1. The first-order chi connectivity index (χ1) is 3.89. The van der Waals surface area contributed by atoms with Crippen LogP contribution < -0.4 is 0 Å². The van der Waals surface area contributed by atoms with Crippen molar-refractivity contribution in [2.24, 2.45) is 0 Å². The van der Waals surface area contributed by atoms with E-state index in [2.05, 4.69) is 11.9 Å². The van der Waals surface area contributed by atoms with E-state index in [1.807, 2.05) is 0 Å². The van der Waals surface area contributed by atoms with Gasteiger partial charge in [-0.15, -0.1) is 0 Å². The van der Waals surface area contributed by atoms with Gasteiger partial charge in [-0.3, -0.25) is 4.39 Å². The monoisotopic (exact) mass is 119 g/mol. The van der Waals surface area contributed by atoms with Gasteiger partial charge in [0.05, 0.1) is 7.18 Å². The van der Waals surface area contributed by atoms with Crippen molar-refractivity contribution in [2.45, 2.75) is 12.8 Å². The Morgan fingerprint density at radius 1 is 1.12 bits per heavy atom. The molecule has 1 aliphatic rings. The zero-order valence-corrected chi connectivity index (χ0v) is 5.65.